The minimum atomic E-state index is -4.00. The molecule has 0 fully saturated rings. The average molecular weight is 260 g/mol. The van der Waals surface area contributed by atoms with E-state index in [2.05, 4.69) is 0 Å². The Bertz CT molecular complexity index is 231. The third kappa shape index (κ3) is 3.51. The molecular weight excluding hydrogens is 253 g/mol. The maximum atomic E-state index is 11.8. The van der Waals surface area contributed by atoms with Gasteiger partial charge in [-0.25, -0.2) is 0 Å². The van der Waals surface area contributed by atoms with Gasteiger partial charge < -0.3 is 0 Å². The van der Waals surface area contributed by atoms with Crippen LogP contribution in [-0.2, 0) is 0 Å². The normalized spacial score (nSPS) is 11.2. The molecule has 0 N–H and O–H groups in total. The Labute approximate surface area is 72.8 Å². The van der Waals surface area contributed by atoms with Crippen LogP contribution in [0.1, 0.15) is 5.56 Å². The Morgan fingerprint density at radius 2 is 1.73 bits per heavy atom. The van der Waals surface area contributed by atoms with Crippen molar-refractivity contribution >= 4 is 27.0 Å². The van der Waals surface area contributed by atoms with E-state index in [1.54, 1.807) is 0 Å². The third-order valence-corrected chi connectivity index (χ3v) is 2.40. The Morgan fingerprint density at radius 3 is 2.27 bits per heavy atom. The van der Waals surface area contributed by atoms with E-state index in [1.165, 1.54) is 6.08 Å². The molecule has 1 aromatic rings. The summed E-state index contributed by atoms with van der Waals surface area (Å²) in [5, 5.41) is 0. The van der Waals surface area contributed by atoms with Crippen molar-refractivity contribution in [3.05, 3.63) is 40.0 Å². The zero-order valence-electron chi connectivity index (χ0n) is 5.80. The average Bonchev–Trinajstić information content (AvgIpc) is 2.03. The molecule has 0 heterocycles. The van der Waals surface area contributed by atoms with Gasteiger partial charge in [0.05, 0.1) is 0 Å². The number of hydrogen-bond acceptors (Lipinski definition) is 0. The van der Waals surface area contributed by atoms with Crippen LogP contribution in [0.15, 0.2) is 34.4 Å². The molecule has 1 radical (unpaired) electrons. The number of halogens is 2. The molecule has 0 spiro atoms. The Balaban J connectivity index is 2.65. The molecule has 0 aliphatic heterocycles. The Morgan fingerprint density at radius 1 is 1.09 bits per heavy atom. The minimum absolute atomic E-state index is 0.848. The summed E-state index contributed by atoms with van der Waals surface area (Å²) in [6, 6.07) is 9.14. The first-order valence-corrected chi connectivity index (χ1v) is 7.00. The molecule has 57 valence electrons. The summed E-state index contributed by atoms with van der Waals surface area (Å²) in [4.78, 5) is 0. The van der Waals surface area contributed by atoms with Crippen LogP contribution in [-0.4, -0.2) is 20.9 Å². The van der Waals surface area contributed by atoms with Crippen LogP contribution in [0, 0.1) is 0 Å². The molecule has 0 atom stereocenters. The second-order valence-electron chi connectivity index (χ2n) is 2.03. The van der Waals surface area contributed by atoms with Gasteiger partial charge in [-0.2, -0.15) is 0 Å². The third-order valence-electron chi connectivity index (χ3n) is 1.20. The maximum absolute atomic E-state index is 11.8. The van der Waals surface area contributed by atoms with Crippen molar-refractivity contribution in [1.82, 2.24) is 0 Å². The molecule has 0 aliphatic carbocycles. The van der Waals surface area contributed by atoms with E-state index in [4.69, 9.17) is 0 Å². The van der Waals surface area contributed by atoms with Gasteiger partial charge in [0, 0.05) is 0 Å². The fraction of sp³-hybridized carbons (Fsp3) is 0. The van der Waals surface area contributed by atoms with Gasteiger partial charge >= 0.3 is 72.7 Å². The monoisotopic (exact) mass is 261 g/mol. The molecule has 0 nitrogen and oxygen atoms in total. The molecule has 0 saturated carbocycles. The van der Waals surface area contributed by atoms with Crippen LogP contribution in [0.2, 0.25) is 0 Å². The Kier molecular flexibility index (Phi) is 3.55. The molecule has 1 aromatic carbocycles. The summed E-state index contributed by atoms with van der Waals surface area (Å²) < 4.78 is 24.7. The quantitative estimate of drug-likeness (QED) is 0.717. The van der Waals surface area contributed by atoms with Crippen molar-refractivity contribution in [3.8, 4) is 0 Å². The molecule has 0 aromatic heterocycles. The first kappa shape index (κ1) is 8.71. The van der Waals surface area contributed by atoms with Crippen molar-refractivity contribution in [3.63, 3.8) is 0 Å². The van der Waals surface area contributed by atoms with Crippen molar-refractivity contribution in [1.29, 1.82) is 0 Å². The molecule has 1 rings (SSSR count). The van der Waals surface area contributed by atoms with E-state index in [-0.39, 0.29) is 0 Å². The zero-order chi connectivity index (χ0) is 8.10. The van der Waals surface area contributed by atoms with Crippen molar-refractivity contribution < 1.29 is 5.73 Å². The van der Waals surface area contributed by atoms with Crippen LogP contribution >= 0.6 is 0 Å². The molecule has 0 unspecified atom stereocenters. The molecule has 0 aliphatic rings. The second-order valence-corrected chi connectivity index (χ2v) is 4.64. The fourth-order valence-corrected chi connectivity index (χ4v) is 1.63. The van der Waals surface area contributed by atoms with Gasteiger partial charge in [-0.3, -0.25) is 0 Å². The molecular formula is C8H7F2Sn. The SMILES string of the molecule is [F][Sn]([F])/[CH]=C/c1ccccc1. The molecule has 11 heavy (non-hydrogen) atoms. The van der Waals surface area contributed by atoms with Crippen LogP contribution in [0.3, 0.4) is 0 Å². The molecule has 0 bridgehead atoms. The van der Waals surface area contributed by atoms with E-state index >= 15 is 0 Å². The topological polar surface area (TPSA) is 0 Å². The fourth-order valence-electron chi connectivity index (χ4n) is 0.723. The van der Waals surface area contributed by atoms with Crippen LogP contribution in [0.5, 0.6) is 0 Å². The summed E-state index contributed by atoms with van der Waals surface area (Å²) in [5.41, 5.74) is 0.848. The van der Waals surface area contributed by atoms with Crippen LogP contribution in [0.25, 0.3) is 6.08 Å². The summed E-state index contributed by atoms with van der Waals surface area (Å²) >= 11 is -4.00. The second kappa shape index (κ2) is 4.49. The van der Waals surface area contributed by atoms with E-state index < -0.39 is 20.9 Å². The molecule has 0 amide bonds. The first-order chi connectivity index (χ1) is 5.29. The standard InChI is InChI=1S/C8H7.2FH.Sn/c1-2-8-6-4-3-5-7-8;;;/h1-7H;2*1H;/q;;;+2/p-2. The number of benzene rings is 1. The van der Waals surface area contributed by atoms with Gasteiger partial charge in [0.1, 0.15) is 0 Å². The zero-order valence-corrected chi connectivity index (χ0v) is 8.65. The number of hydrogen-bond donors (Lipinski definition) is 0. The van der Waals surface area contributed by atoms with Gasteiger partial charge in [0.2, 0.25) is 0 Å². The van der Waals surface area contributed by atoms with Gasteiger partial charge in [-0.1, -0.05) is 0 Å². The van der Waals surface area contributed by atoms with Gasteiger partial charge in [0.25, 0.3) is 0 Å². The van der Waals surface area contributed by atoms with Gasteiger partial charge in [-0.05, 0) is 0 Å². The summed E-state index contributed by atoms with van der Waals surface area (Å²) in [6.07, 6.45) is 1.49. The predicted octanol–water partition coefficient (Wildman–Crippen LogP) is 2.67. The summed E-state index contributed by atoms with van der Waals surface area (Å²) in [6.45, 7) is 0. The van der Waals surface area contributed by atoms with E-state index in [9.17, 15) is 5.73 Å². The number of rotatable bonds is 2. The van der Waals surface area contributed by atoms with E-state index in [1.807, 2.05) is 30.3 Å². The van der Waals surface area contributed by atoms with Crippen molar-refractivity contribution in [2.24, 2.45) is 0 Å². The first-order valence-electron chi connectivity index (χ1n) is 3.20. The Hall–Kier alpha value is -0.381. The van der Waals surface area contributed by atoms with Gasteiger partial charge in [-0.15, -0.1) is 0 Å². The van der Waals surface area contributed by atoms with E-state index in [0.29, 0.717) is 0 Å². The van der Waals surface area contributed by atoms with E-state index in [0.717, 1.165) is 9.66 Å². The molecule has 0 saturated heterocycles. The molecule has 3 heteroatoms. The summed E-state index contributed by atoms with van der Waals surface area (Å²) in [7, 11) is 0. The predicted molar refractivity (Wildman–Crippen MR) is 43.4 cm³/mol. The van der Waals surface area contributed by atoms with Crippen molar-refractivity contribution in [2.45, 2.75) is 0 Å². The van der Waals surface area contributed by atoms with Crippen molar-refractivity contribution in [2.75, 3.05) is 0 Å². The summed E-state index contributed by atoms with van der Waals surface area (Å²) in [5.74, 6) is 0. The van der Waals surface area contributed by atoms with Gasteiger partial charge in [0.15, 0.2) is 0 Å². The van der Waals surface area contributed by atoms with Crippen LogP contribution < -0.4 is 0 Å². The van der Waals surface area contributed by atoms with Crippen LogP contribution in [0.4, 0.5) is 5.73 Å².